The molecule has 2 bridgehead atoms. The molecule has 4 heteroatoms. The first kappa shape index (κ1) is 12.2. The third-order valence-corrected chi connectivity index (χ3v) is 5.51. The van der Waals surface area contributed by atoms with E-state index in [9.17, 15) is 9.90 Å². The molecule has 18 heavy (non-hydrogen) atoms. The Kier molecular flexibility index (Phi) is 3.16. The standard InChI is InChI=1S/C14H19NO2S/c1-2-11-5-6-12(18-11)14(17)15-7-9-3-4-10(8-15)13(9)16/h5-6,9-10,13,16H,2-4,7-8H2,1H3/t9-,10+,13?. The monoisotopic (exact) mass is 265 g/mol. The number of carbonyl (C=O) groups excluding carboxylic acids is 1. The summed E-state index contributed by atoms with van der Waals surface area (Å²) in [7, 11) is 0. The van der Waals surface area contributed by atoms with Gasteiger partial charge in [-0.15, -0.1) is 11.3 Å². The lowest BCUT2D eigenvalue weighted by atomic mass is 9.95. The van der Waals surface area contributed by atoms with Crippen molar-refractivity contribution < 1.29 is 9.90 Å². The first-order valence-electron chi connectivity index (χ1n) is 6.75. The van der Waals surface area contributed by atoms with Gasteiger partial charge < -0.3 is 10.0 Å². The fourth-order valence-corrected chi connectivity index (χ4v) is 4.11. The quantitative estimate of drug-likeness (QED) is 0.890. The molecule has 1 aliphatic heterocycles. The molecule has 0 radical (unpaired) electrons. The van der Waals surface area contributed by atoms with E-state index in [2.05, 4.69) is 6.92 Å². The van der Waals surface area contributed by atoms with Gasteiger partial charge in [0.2, 0.25) is 0 Å². The number of aliphatic hydroxyl groups excluding tert-OH is 1. The molecular formula is C14H19NO2S. The van der Waals surface area contributed by atoms with Crippen LogP contribution >= 0.6 is 11.3 Å². The van der Waals surface area contributed by atoms with Gasteiger partial charge in [-0.25, -0.2) is 0 Å². The van der Waals surface area contributed by atoms with E-state index in [0.29, 0.717) is 11.8 Å². The average molecular weight is 265 g/mol. The highest BCUT2D eigenvalue weighted by atomic mass is 32.1. The van der Waals surface area contributed by atoms with E-state index < -0.39 is 0 Å². The zero-order valence-electron chi connectivity index (χ0n) is 10.6. The Morgan fingerprint density at radius 2 is 2.06 bits per heavy atom. The number of fused-ring (bicyclic) bond motifs is 2. The number of rotatable bonds is 2. The minimum Gasteiger partial charge on any atom is -0.392 e. The minimum absolute atomic E-state index is 0.156. The number of thiophene rings is 1. The summed E-state index contributed by atoms with van der Waals surface area (Å²) in [4.78, 5) is 16.5. The van der Waals surface area contributed by atoms with Gasteiger partial charge in [-0.3, -0.25) is 4.79 Å². The van der Waals surface area contributed by atoms with Gasteiger partial charge in [-0.1, -0.05) is 6.92 Å². The van der Waals surface area contributed by atoms with Gasteiger partial charge in [0.1, 0.15) is 0 Å². The highest BCUT2D eigenvalue weighted by Gasteiger charge is 2.42. The average Bonchev–Trinajstić information content (AvgIpc) is 2.91. The predicted molar refractivity (Wildman–Crippen MR) is 71.8 cm³/mol. The molecule has 2 aliphatic rings. The lowest BCUT2D eigenvalue weighted by Crippen LogP contribution is -2.47. The van der Waals surface area contributed by atoms with Crippen LogP contribution in [0.4, 0.5) is 0 Å². The molecule has 98 valence electrons. The topological polar surface area (TPSA) is 40.5 Å². The molecule has 0 aromatic carbocycles. The number of nitrogens with zero attached hydrogens (tertiary/aromatic N) is 1. The normalized spacial score (nSPS) is 30.8. The maximum Gasteiger partial charge on any atom is 0.263 e. The number of aliphatic hydroxyl groups is 1. The summed E-state index contributed by atoms with van der Waals surface area (Å²) in [5.41, 5.74) is 0. The molecule has 1 amide bonds. The second-order valence-corrected chi connectivity index (χ2v) is 6.59. The van der Waals surface area contributed by atoms with Gasteiger partial charge in [-0.2, -0.15) is 0 Å². The second kappa shape index (κ2) is 4.67. The second-order valence-electron chi connectivity index (χ2n) is 5.42. The number of aryl methyl sites for hydroxylation is 1. The predicted octanol–water partition coefficient (Wildman–Crippen LogP) is 2.15. The lowest BCUT2D eigenvalue weighted by Gasteiger charge is -2.35. The van der Waals surface area contributed by atoms with Crippen LogP contribution in [0.3, 0.4) is 0 Å². The first-order chi connectivity index (χ1) is 8.69. The summed E-state index contributed by atoms with van der Waals surface area (Å²) in [6, 6.07) is 3.99. The zero-order chi connectivity index (χ0) is 12.7. The van der Waals surface area contributed by atoms with Crippen LogP contribution in [0.5, 0.6) is 0 Å². The summed E-state index contributed by atoms with van der Waals surface area (Å²) < 4.78 is 0. The van der Waals surface area contributed by atoms with Crippen molar-refractivity contribution in [1.29, 1.82) is 0 Å². The van der Waals surface area contributed by atoms with Gasteiger partial charge in [0, 0.05) is 29.8 Å². The molecule has 1 aliphatic carbocycles. The summed E-state index contributed by atoms with van der Waals surface area (Å²) in [5.74, 6) is 0.764. The van der Waals surface area contributed by atoms with E-state index in [1.54, 1.807) is 11.3 Å². The summed E-state index contributed by atoms with van der Waals surface area (Å²) in [6.07, 6.45) is 2.95. The minimum atomic E-state index is -0.177. The van der Waals surface area contributed by atoms with Crippen molar-refractivity contribution in [3.8, 4) is 0 Å². The molecular weight excluding hydrogens is 246 g/mol. The fourth-order valence-electron chi connectivity index (χ4n) is 3.20. The number of hydrogen-bond donors (Lipinski definition) is 1. The van der Waals surface area contributed by atoms with Gasteiger partial charge in [0.05, 0.1) is 11.0 Å². The van der Waals surface area contributed by atoms with Gasteiger partial charge in [0.15, 0.2) is 0 Å². The molecule has 3 atom stereocenters. The molecule has 0 spiro atoms. The third-order valence-electron chi connectivity index (χ3n) is 4.29. The van der Waals surface area contributed by atoms with E-state index in [1.165, 1.54) is 4.88 Å². The third kappa shape index (κ3) is 1.97. The summed E-state index contributed by atoms with van der Waals surface area (Å²) in [5, 5.41) is 9.99. The van der Waals surface area contributed by atoms with Crippen molar-refractivity contribution in [3.63, 3.8) is 0 Å². The molecule has 1 saturated heterocycles. The van der Waals surface area contributed by atoms with Gasteiger partial charge in [0.25, 0.3) is 5.91 Å². The van der Waals surface area contributed by atoms with Crippen LogP contribution in [0, 0.1) is 11.8 Å². The summed E-state index contributed by atoms with van der Waals surface area (Å²) in [6.45, 7) is 3.57. The molecule has 1 aromatic heterocycles. The number of carbonyl (C=O) groups is 1. The van der Waals surface area contributed by atoms with Crippen LogP contribution in [0.1, 0.15) is 34.3 Å². The smallest absolute Gasteiger partial charge is 0.263 e. The SMILES string of the molecule is CCc1ccc(C(=O)N2C[C@H]3CC[C@@H](C2)C3O)s1. The van der Waals surface area contributed by atoms with Gasteiger partial charge >= 0.3 is 0 Å². The Labute approximate surface area is 111 Å². The van der Waals surface area contributed by atoms with E-state index >= 15 is 0 Å². The van der Waals surface area contributed by atoms with E-state index in [1.807, 2.05) is 17.0 Å². The molecule has 3 nitrogen and oxygen atoms in total. The largest absolute Gasteiger partial charge is 0.392 e. The Hall–Kier alpha value is -0.870. The van der Waals surface area contributed by atoms with E-state index in [0.717, 1.165) is 37.2 Å². The van der Waals surface area contributed by atoms with Crippen molar-refractivity contribution in [2.24, 2.45) is 11.8 Å². The van der Waals surface area contributed by atoms with Crippen LogP contribution in [0.15, 0.2) is 12.1 Å². The summed E-state index contributed by atoms with van der Waals surface area (Å²) >= 11 is 1.60. The first-order valence-corrected chi connectivity index (χ1v) is 7.56. The molecule has 2 fully saturated rings. The molecule has 3 rings (SSSR count). The van der Waals surface area contributed by atoms with Crippen LogP contribution in [0.2, 0.25) is 0 Å². The number of piperidine rings is 1. The Morgan fingerprint density at radius 3 is 2.61 bits per heavy atom. The van der Waals surface area contributed by atoms with E-state index in [-0.39, 0.29) is 12.0 Å². The van der Waals surface area contributed by atoms with Crippen LogP contribution in [-0.4, -0.2) is 35.1 Å². The van der Waals surface area contributed by atoms with Crippen molar-refractivity contribution in [2.75, 3.05) is 13.1 Å². The van der Waals surface area contributed by atoms with Crippen LogP contribution in [-0.2, 0) is 6.42 Å². The highest BCUT2D eigenvalue weighted by Crippen LogP contribution is 2.37. The molecule has 1 N–H and O–H groups in total. The van der Waals surface area contributed by atoms with Crippen molar-refractivity contribution in [1.82, 2.24) is 4.90 Å². The maximum absolute atomic E-state index is 12.4. The molecule has 2 heterocycles. The van der Waals surface area contributed by atoms with Crippen LogP contribution < -0.4 is 0 Å². The molecule has 1 aromatic rings. The zero-order valence-corrected chi connectivity index (χ0v) is 11.4. The Morgan fingerprint density at radius 1 is 1.39 bits per heavy atom. The maximum atomic E-state index is 12.4. The molecule has 1 unspecified atom stereocenters. The molecule has 1 saturated carbocycles. The highest BCUT2D eigenvalue weighted by molar-refractivity contribution is 7.14. The van der Waals surface area contributed by atoms with Crippen molar-refractivity contribution in [2.45, 2.75) is 32.3 Å². The van der Waals surface area contributed by atoms with Crippen LogP contribution in [0.25, 0.3) is 0 Å². The number of hydrogen-bond acceptors (Lipinski definition) is 3. The van der Waals surface area contributed by atoms with Crippen molar-refractivity contribution >= 4 is 17.2 Å². The van der Waals surface area contributed by atoms with Crippen molar-refractivity contribution in [3.05, 3.63) is 21.9 Å². The lowest BCUT2D eigenvalue weighted by molar-refractivity contribution is 0.0169. The van der Waals surface area contributed by atoms with E-state index in [4.69, 9.17) is 0 Å². The van der Waals surface area contributed by atoms with Gasteiger partial charge in [-0.05, 0) is 31.4 Å². The Balaban J connectivity index is 1.74. The fraction of sp³-hybridized carbons (Fsp3) is 0.643. The Bertz CT molecular complexity index is 442. The number of likely N-dealkylation sites (tertiary alicyclic amines) is 1. The number of amides is 1.